The second-order valence-corrected chi connectivity index (χ2v) is 5.21. The van der Waals surface area contributed by atoms with Gasteiger partial charge in [-0.1, -0.05) is 0 Å². The Bertz CT molecular complexity index is 487. The number of hydrogen-bond acceptors (Lipinski definition) is 4. The fraction of sp³-hybridized carbons (Fsp3) is 0.333. The number of benzene rings is 1. The van der Waals surface area contributed by atoms with Gasteiger partial charge >= 0.3 is 5.97 Å². The van der Waals surface area contributed by atoms with Crippen molar-refractivity contribution in [2.24, 2.45) is 0 Å². The third-order valence-corrected chi connectivity index (χ3v) is 3.86. The normalized spacial score (nSPS) is 18.9. The zero-order chi connectivity index (χ0) is 12.6. The molecule has 0 aliphatic carbocycles. The summed E-state index contributed by atoms with van der Waals surface area (Å²) in [5.74, 6) is -0.283. The molecule has 1 aliphatic heterocycles. The Morgan fingerprint density at radius 2 is 2.18 bits per heavy atom. The molecule has 1 aliphatic rings. The van der Waals surface area contributed by atoms with E-state index in [9.17, 15) is 9.59 Å². The number of fused-ring (bicyclic) bond motifs is 1. The van der Waals surface area contributed by atoms with Gasteiger partial charge in [0.05, 0.1) is 23.6 Å². The monoisotopic (exact) mass is 251 g/mol. The Kier molecular flexibility index (Phi) is 3.11. The number of anilines is 1. The molecule has 0 bridgehead atoms. The van der Waals surface area contributed by atoms with Gasteiger partial charge in [-0.15, -0.1) is 11.8 Å². The Morgan fingerprint density at radius 1 is 1.47 bits per heavy atom. The molecule has 5 heteroatoms. The lowest BCUT2D eigenvalue weighted by Gasteiger charge is -2.29. The summed E-state index contributed by atoms with van der Waals surface area (Å²) >= 11 is 1.47. The first-order valence-electron chi connectivity index (χ1n) is 5.21. The molecule has 0 N–H and O–H groups in total. The zero-order valence-electron chi connectivity index (χ0n) is 9.89. The fourth-order valence-electron chi connectivity index (χ4n) is 1.76. The van der Waals surface area contributed by atoms with Gasteiger partial charge in [0.15, 0.2) is 0 Å². The number of rotatable bonds is 1. The third kappa shape index (κ3) is 2.02. The first-order chi connectivity index (χ1) is 8.04. The van der Waals surface area contributed by atoms with Gasteiger partial charge in [-0.2, -0.15) is 0 Å². The molecule has 0 saturated carbocycles. The van der Waals surface area contributed by atoms with Crippen molar-refractivity contribution in [2.75, 3.05) is 19.1 Å². The Hall–Kier alpha value is -1.49. The van der Waals surface area contributed by atoms with Crippen molar-refractivity contribution in [3.8, 4) is 0 Å². The third-order valence-electron chi connectivity index (χ3n) is 2.72. The molecule has 2 rings (SSSR count). The summed E-state index contributed by atoms with van der Waals surface area (Å²) in [6.45, 7) is 1.86. The van der Waals surface area contributed by atoms with Crippen LogP contribution < -0.4 is 4.90 Å². The average molecular weight is 251 g/mol. The zero-order valence-corrected chi connectivity index (χ0v) is 10.7. The molecular formula is C12H13NO3S. The van der Waals surface area contributed by atoms with E-state index in [0.29, 0.717) is 5.56 Å². The maximum absolute atomic E-state index is 11.8. The van der Waals surface area contributed by atoms with Crippen LogP contribution in [-0.4, -0.2) is 31.3 Å². The molecule has 0 spiro atoms. The van der Waals surface area contributed by atoms with Gasteiger partial charge in [0.2, 0.25) is 5.91 Å². The van der Waals surface area contributed by atoms with E-state index < -0.39 is 0 Å². The van der Waals surface area contributed by atoms with Gasteiger partial charge in [-0.3, -0.25) is 4.79 Å². The molecule has 0 fully saturated rings. The quantitative estimate of drug-likeness (QED) is 0.715. The van der Waals surface area contributed by atoms with Crippen LogP contribution >= 0.6 is 11.8 Å². The van der Waals surface area contributed by atoms with Crippen LogP contribution in [0.3, 0.4) is 0 Å². The van der Waals surface area contributed by atoms with Crippen LogP contribution in [0.1, 0.15) is 17.3 Å². The van der Waals surface area contributed by atoms with Gasteiger partial charge in [-0.05, 0) is 25.1 Å². The highest BCUT2D eigenvalue weighted by Gasteiger charge is 2.28. The van der Waals surface area contributed by atoms with E-state index in [1.54, 1.807) is 30.1 Å². The maximum Gasteiger partial charge on any atom is 0.337 e. The van der Waals surface area contributed by atoms with Crippen LogP contribution in [0.15, 0.2) is 23.1 Å². The van der Waals surface area contributed by atoms with Crippen LogP contribution in [0.2, 0.25) is 0 Å². The van der Waals surface area contributed by atoms with Gasteiger partial charge in [0.1, 0.15) is 0 Å². The SMILES string of the molecule is COC(=O)c1ccc2c(c1)SC(C)C(=O)N2C. The number of ether oxygens (including phenoxy) is 1. The lowest BCUT2D eigenvalue weighted by molar-refractivity contribution is -0.117. The van der Waals surface area contributed by atoms with Crippen molar-refractivity contribution in [1.82, 2.24) is 0 Å². The molecule has 1 atom stereocenters. The van der Waals surface area contributed by atoms with Crippen LogP contribution in [0.25, 0.3) is 0 Å². The average Bonchev–Trinajstić information content (AvgIpc) is 2.34. The van der Waals surface area contributed by atoms with E-state index in [1.165, 1.54) is 18.9 Å². The van der Waals surface area contributed by atoms with Gasteiger partial charge in [0.25, 0.3) is 0 Å². The number of amides is 1. The number of carbonyl (C=O) groups is 2. The first kappa shape index (κ1) is 12.0. The molecule has 1 amide bonds. The minimum atomic E-state index is -0.361. The number of esters is 1. The number of hydrogen-bond donors (Lipinski definition) is 0. The largest absolute Gasteiger partial charge is 0.465 e. The van der Waals surface area contributed by atoms with Crippen molar-refractivity contribution in [3.63, 3.8) is 0 Å². The highest BCUT2D eigenvalue weighted by molar-refractivity contribution is 8.01. The first-order valence-corrected chi connectivity index (χ1v) is 6.09. The highest BCUT2D eigenvalue weighted by atomic mass is 32.2. The van der Waals surface area contributed by atoms with E-state index in [2.05, 4.69) is 4.74 Å². The predicted molar refractivity (Wildman–Crippen MR) is 66.5 cm³/mol. The molecule has 17 heavy (non-hydrogen) atoms. The van der Waals surface area contributed by atoms with E-state index in [1.807, 2.05) is 6.92 Å². The Morgan fingerprint density at radius 3 is 2.82 bits per heavy atom. The molecule has 0 aromatic heterocycles. The highest BCUT2D eigenvalue weighted by Crippen LogP contribution is 2.38. The number of methoxy groups -OCH3 is 1. The fourth-order valence-corrected chi connectivity index (χ4v) is 2.92. The minimum absolute atomic E-state index is 0.0771. The van der Waals surface area contributed by atoms with Gasteiger partial charge < -0.3 is 9.64 Å². The summed E-state index contributed by atoms with van der Waals surface area (Å²) in [4.78, 5) is 25.7. The molecule has 0 saturated heterocycles. The van der Waals surface area contributed by atoms with Crippen molar-refractivity contribution in [1.29, 1.82) is 0 Å². The number of nitrogens with zero attached hydrogens (tertiary/aromatic N) is 1. The maximum atomic E-state index is 11.8. The summed E-state index contributed by atoms with van der Waals surface area (Å²) < 4.78 is 4.67. The molecule has 1 aromatic carbocycles. The summed E-state index contributed by atoms with van der Waals surface area (Å²) in [6.07, 6.45) is 0. The lowest BCUT2D eigenvalue weighted by atomic mass is 10.2. The second kappa shape index (κ2) is 4.41. The Labute approximate surface area is 104 Å². The van der Waals surface area contributed by atoms with Crippen LogP contribution in [0, 0.1) is 0 Å². The van der Waals surface area contributed by atoms with Crippen molar-refractivity contribution < 1.29 is 14.3 Å². The van der Waals surface area contributed by atoms with Crippen molar-refractivity contribution in [2.45, 2.75) is 17.1 Å². The van der Waals surface area contributed by atoms with Crippen molar-refractivity contribution >= 4 is 29.3 Å². The van der Waals surface area contributed by atoms with Crippen LogP contribution in [-0.2, 0) is 9.53 Å². The van der Waals surface area contributed by atoms with E-state index >= 15 is 0 Å². The minimum Gasteiger partial charge on any atom is -0.465 e. The summed E-state index contributed by atoms with van der Waals surface area (Å²) in [6, 6.07) is 5.22. The van der Waals surface area contributed by atoms with E-state index in [0.717, 1.165) is 10.6 Å². The smallest absolute Gasteiger partial charge is 0.337 e. The standard InChI is InChI=1S/C12H13NO3S/c1-7-11(14)13(2)9-5-4-8(12(15)16-3)6-10(9)17-7/h4-7H,1-3H3. The molecule has 1 heterocycles. The van der Waals surface area contributed by atoms with E-state index in [4.69, 9.17) is 0 Å². The van der Waals surface area contributed by atoms with Crippen LogP contribution in [0.5, 0.6) is 0 Å². The number of carbonyl (C=O) groups excluding carboxylic acids is 2. The number of thioether (sulfide) groups is 1. The van der Waals surface area contributed by atoms with Crippen LogP contribution in [0.4, 0.5) is 5.69 Å². The molecule has 1 unspecified atom stereocenters. The summed E-state index contributed by atoms with van der Waals surface area (Å²) in [7, 11) is 3.10. The molecular weight excluding hydrogens is 238 g/mol. The molecule has 1 aromatic rings. The second-order valence-electron chi connectivity index (χ2n) is 3.83. The molecule has 4 nitrogen and oxygen atoms in total. The molecule has 90 valence electrons. The van der Waals surface area contributed by atoms with Crippen molar-refractivity contribution in [3.05, 3.63) is 23.8 Å². The Balaban J connectivity index is 2.44. The van der Waals surface area contributed by atoms with Gasteiger partial charge in [-0.25, -0.2) is 4.79 Å². The lowest BCUT2D eigenvalue weighted by Crippen LogP contribution is -2.36. The summed E-state index contributed by atoms with van der Waals surface area (Å²) in [5.41, 5.74) is 1.35. The topological polar surface area (TPSA) is 46.6 Å². The predicted octanol–water partition coefficient (Wildman–Crippen LogP) is 1.93. The summed E-state index contributed by atoms with van der Waals surface area (Å²) in [5, 5.41) is -0.125. The molecule has 0 radical (unpaired) electrons. The van der Waals surface area contributed by atoms with E-state index in [-0.39, 0.29) is 17.1 Å². The van der Waals surface area contributed by atoms with Gasteiger partial charge in [0, 0.05) is 11.9 Å².